The zero-order chi connectivity index (χ0) is 8.72. The van der Waals surface area contributed by atoms with E-state index in [4.69, 9.17) is 11.6 Å². The van der Waals surface area contributed by atoms with Crippen LogP contribution in [-0.4, -0.2) is 9.61 Å². The van der Waals surface area contributed by atoms with Crippen LogP contribution in [0.4, 0.5) is 4.39 Å². The van der Waals surface area contributed by atoms with Crippen molar-refractivity contribution >= 4 is 17.1 Å². The SMILES string of the molecule is Cc1cc2c(Cl)cc(F)cn2n1. The summed E-state index contributed by atoms with van der Waals surface area (Å²) < 4.78 is 14.2. The molecular weight excluding hydrogens is 179 g/mol. The molecule has 0 aliphatic carbocycles. The molecule has 0 N–H and O–H groups in total. The Balaban J connectivity index is 2.88. The first-order chi connectivity index (χ1) is 5.66. The van der Waals surface area contributed by atoms with Gasteiger partial charge in [-0.05, 0) is 19.1 Å². The summed E-state index contributed by atoms with van der Waals surface area (Å²) >= 11 is 5.77. The van der Waals surface area contributed by atoms with E-state index in [2.05, 4.69) is 5.10 Å². The molecule has 0 fully saturated rings. The predicted molar refractivity (Wildman–Crippen MR) is 44.9 cm³/mol. The molecule has 4 heteroatoms. The molecule has 0 saturated heterocycles. The van der Waals surface area contributed by atoms with Crippen LogP contribution >= 0.6 is 11.6 Å². The molecule has 0 saturated carbocycles. The molecule has 0 bridgehead atoms. The second kappa shape index (κ2) is 2.45. The Morgan fingerprint density at radius 2 is 2.25 bits per heavy atom. The molecule has 0 spiro atoms. The Hall–Kier alpha value is -1.09. The molecule has 0 amide bonds. The van der Waals surface area contributed by atoms with Gasteiger partial charge in [0.15, 0.2) is 0 Å². The van der Waals surface area contributed by atoms with Crippen molar-refractivity contribution in [2.45, 2.75) is 6.92 Å². The van der Waals surface area contributed by atoms with Gasteiger partial charge in [0.1, 0.15) is 5.82 Å². The van der Waals surface area contributed by atoms with Crippen molar-refractivity contribution in [3.05, 3.63) is 34.9 Å². The van der Waals surface area contributed by atoms with E-state index in [0.29, 0.717) is 5.02 Å². The summed E-state index contributed by atoms with van der Waals surface area (Å²) in [7, 11) is 0. The van der Waals surface area contributed by atoms with Crippen LogP contribution in [0.25, 0.3) is 5.52 Å². The minimum absolute atomic E-state index is 0.379. The molecule has 2 heterocycles. The van der Waals surface area contributed by atoms with Crippen molar-refractivity contribution in [1.29, 1.82) is 0 Å². The lowest BCUT2D eigenvalue weighted by Crippen LogP contribution is -1.89. The lowest BCUT2D eigenvalue weighted by molar-refractivity contribution is 0.614. The zero-order valence-corrected chi connectivity index (χ0v) is 7.14. The van der Waals surface area contributed by atoms with E-state index in [0.717, 1.165) is 11.2 Å². The number of aromatic nitrogens is 2. The Bertz CT molecular complexity index is 436. The second-order valence-electron chi connectivity index (χ2n) is 2.62. The quantitative estimate of drug-likeness (QED) is 0.615. The van der Waals surface area contributed by atoms with Crippen LogP contribution in [0.15, 0.2) is 18.3 Å². The van der Waals surface area contributed by atoms with Crippen LogP contribution in [0.3, 0.4) is 0 Å². The lowest BCUT2D eigenvalue weighted by Gasteiger charge is -1.94. The standard InChI is InChI=1S/C8H6ClFN2/c1-5-2-8-7(9)3-6(10)4-12(8)11-5/h2-4H,1H3. The van der Waals surface area contributed by atoms with Gasteiger partial charge in [0.25, 0.3) is 0 Å². The fraction of sp³-hybridized carbons (Fsp3) is 0.125. The average Bonchev–Trinajstić information content (AvgIpc) is 2.29. The third-order valence-electron chi connectivity index (χ3n) is 1.61. The number of hydrogen-bond acceptors (Lipinski definition) is 1. The average molecular weight is 185 g/mol. The summed E-state index contributed by atoms with van der Waals surface area (Å²) in [4.78, 5) is 0. The smallest absolute Gasteiger partial charge is 0.143 e. The van der Waals surface area contributed by atoms with E-state index >= 15 is 0 Å². The maximum Gasteiger partial charge on any atom is 0.143 e. The normalized spacial score (nSPS) is 10.9. The first-order valence-corrected chi connectivity index (χ1v) is 3.85. The van der Waals surface area contributed by atoms with Gasteiger partial charge in [-0.2, -0.15) is 5.10 Å². The summed E-state index contributed by atoms with van der Waals surface area (Å²) in [6, 6.07) is 3.08. The molecule has 0 radical (unpaired) electrons. The van der Waals surface area contributed by atoms with Gasteiger partial charge in [-0.15, -0.1) is 0 Å². The first kappa shape index (κ1) is 7.55. The second-order valence-corrected chi connectivity index (χ2v) is 3.03. The van der Waals surface area contributed by atoms with Gasteiger partial charge in [-0.3, -0.25) is 0 Å². The molecule has 62 valence electrons. The molecule has 0 aliphatic rings. The van der Waals surface area contributed by atoms with Gasteiger partial charge in [-0.1, -0.05) is 11.6 Å². The number of halogens is 2. The maximum absolute atomic E-state index is 12.8. The third-order valence-corrected chi connectivity index (χ3v) is 1.92. The molecule has 2 rings (SSSR count). The highest BCUT2D eigenvalue weighted by Crippen LogP contribution is 2.18. The van der Waals surface area contributed by atoms with Crippen LogP contribution < -0.4 is 0 Å². The lowest BCUT2D eigenvalue weighted by atomic mass is 10.4. The summed E-state index contributed by atoms with van der Waals surface area (Å²) in [5.41, 5.74) is 1.55. The van der Waals surface area contributed by atoms with Crippen molar-refractivity contribution in [3.8, 4) is 0 Å². The van der Waals surface area contributed by atoms with Crippen LogP contribution in [0.1, 0.15) is 5.69 Å². The monoisotopic (exact) mass is 184 g/mol. The number of hydrogen-bond donors (Lipinski definition) is 0. The predicted octanol–water partition coefficient (Wildman–Crippen LogP) is 2.44. The van der Waals surface area contributed by atoms with Crippen LogP contribution in [0, 0.1) is 12.7 Å². The van der Waals surface area contributed by atoms with E-state index in [1.54, 1.807) is 0 Å². The van der Waals surface area contributed by atoms with E-state index in [-0.39, 0.29) is 5.82 Å². The Morgan fingerprint density at radius 1 is 1.50 bits per heavy atom. The minimum atomic E-state index is -0.379. The third kappa shape index (κ3) is 1.06. The Kier molecular flexibility index (Phi) is 1.54. The summed E-state index contributed by atoms with van der Waals surface area (Å²) in [5.74, 6) is -0.379. The van der Waals surface area contributed by atoms with Gasteiger partial charge >= 0.3 is 0 Å². The fourth-order valence-corrected chi connectivity index (χ4v) is 1.39. The highest BCUT2D eigenvalue weighted by Gasteiger charge is 2.03. The molecule has 2 nitrogen and oxygen atoms in total. The molecule has 2 aromatic heterocycles. The van der Waals surface area contributed by atoms with Gasteiger partial charge < -0.3 is 0 Å². The molecular formula is C8H6ClFN2. The maximum atomic E-state index is 12.8. The van der Waals surface area contributed by atoms with Gasteiger partial charge in [-0.25, -0.2) is 8.91 Å². The number of nitrogens with zero attached hydrogens (tertiary/aromatic N) is 2. The van der Waals surface area contributed by atoms with E-state index in [1.165, 1.54) is 16.8 Å². The molecule has 0 aromatic carbocycles. The van der Waals surface area contributed by atoms with E-state index < -0.39 is 0 Å². The minimum Gasteiger partial charge on any atom is -0.236 e. The van der Waals surface area contributed by atoms with Crippen LogP contribution in [-0.2, 0) is 0 Å². The summed E-state index contributed by atoms with van der Waals surface area (Å²) in [5, 5.41) is 4.41. The van der Waals surface area contributed by atoms with Gasteiger partial charge in [0.2, 0.25) is 0 Å². The molecule has 0 aliphatic heterocycles. The molecule has 12 heavy (non-hydrogen) atoms. The number of aryl methyl sites for hydroxylation is 1. The van der Waals surface area contributed by atoms with Crippen molar-refractivity contribution in [2.24, 2.45) is 0 Å². The topological polar surface area (TPSA) is 17.3 Å². The number of rotatable bonds is 0. The Morgan fingerprint density at radius 3 is 3.00 bits per heavy atom. The van der Waals surface area contributed by atoms with Crippen molar-refractivity contribution in [3.63, 3.8) is 0 Å². The molecule has 2 aromatic rings. The van der Waals surface area contributed by atoms with Crippen molar-refractivity contribution < 1.29 is 4.39 Å². The van der Waals surface area contributed by atoms with Gasteiger partial charge in [0, 0.05) is 0 Å². The van der Waals surface area contributed by atoms with Crippen molar-refractivity contribution in [1.82, 2.24) is 9.61 Å². The zero-order valence-electron chi connectivity index (χ0n) is 6.38. The fourth-order valence-electron chi connectivity index (χ4n) is 1.14. The Labute approximate surface area is 73.6 Å². The summed E-state index contributed by atoms with van der Waals surface area (Å²) in [6.45, 7) is 1.83. The van der Waals surface area contributed by atoms with Crippen molar-refractivity contribution in [2.75, 3.05) is 0 Å². The van der Waals surface area contributed by atoms with Gasteiger partial charge in [0.05, 0.1) is 22.4 Å². The highest BCUT2D eigenvalue weighted by molar-refractivity contribution is 6.33. The van der Waals surface area contributed by atoms with E-state index in [9.17, 15) is 4.39 Å². The first-order valence-electron chi connectivity index (χ1n) is 3.48. The highest BCUT2D eigenvalue weighted by atomic mass is 35.5. The number of fused-ring (bicyclic) bond motifs is 1. The van der Waals surface area contributed by atoms with E-state index in [1.807, 2.05) is 13.0 Å². The van der Waals surface area contributed by atoms with Crippen LogP contribution in [0.2, 0.25) is 5.02 Å². The molecule has 0 atom stereocenters. The summed E-state index contributed by atoms with van der Waals surface area (Å²) in [6.07, 6.45) is 1.30. The largest absolute Gasteiger partial charge is 0.236 e. The number of pyridine rings is 1. The molecule has 0 unspecified atom stereocenters. The van der Waals surface area contributed by atoms with Crippen LogP contribution in [0.5, 0.6) is 0 Å².